The molecule has 0 unspecified atom stereocenters. The number of carbonyl (C=O) groups excluding carboxylic acids is 2. The Morgan fingerprint density at radius 2 is 2.06 bits per heavy atom. The summed E-state index contributed by atoms with van der Waals surface area (Å²) < 4.78 is 15.1. The van der Waals surface area contributed by atoms with E-state index >= 15 is 4.39 Å². The highest BCUT2D eigenvalue weighted by atomic mass is 35.5. The lowest BCUT2D eigenvalue weighted by molar-refractivity contribution is -0.154. The summed E-state index contributed by atoms with van der Waals surface area (Å²) in [6, 6.07) is 2.12. The molecule has 0 spiro atoms. The molecule has 174 valence electrons. The number of rotatable bonds is 12. The number of amides is 2. The molecule has 12 heteroatoms. The average molecular weight is 468 g/mol. The van der Waals surface area contributed by atoms with Gasteiger partial charge in [0, 0.05) is 12.6 Å². The minimum atomic E-state index is -0.788. The van der Waals surface area contributed by atoms with Crippen molar-refractivity contribution < 1.29 is 19.2 Å². The molecule has 0 aromatic carbocycles. The first kappa shape index (κ1) is 23.9. The quantitative estimate of drug-likeness (QED) is 0.185. The van der Waals surface area contributed by atoms with Crippen molar-refractivity contribution in [2.24, 2.45) is 11.8 Å². The Morgan fingerprint density at radius 3 is 2.69 bits per heavy atom. The number of anilines is 2. The molecule has 10 nitrogen and oxygen atoms in total. The maximum Gasteiger partial charge on any atom is 0.243 e. The number of nitriles is 1. The predicted octanol–water partition coefficient (Wildman–Crippen LogP) is 2.64. The molecular weight excluding hydrogens is 441 g/mol. The minimum absolute atomic E-state index is 0.0236. The fourth-order valence-corrected chi connectivity index (χ4v) is 4.27. The predicted molar refractivity (Wildman–Crippen MR) is 114 cm³/mol. The Morgan fingerprint density at radius 1 is 1.34 bits per heavy atom. The molecule has 2 aliphatic carbocycles. The van der Waals surface area contributed by atoms with Gasteiger partial charge in [0.15, 0.2) is 11.6 Å². The molecule has 3 N–H and O–H groups in total. The van der Waals surface area contributed by atoms with Crippen LogP contribution < -0.4 is 15.8 Å². The van der Waals surface area contributed by atoms with E-state index in [2.05, 4.69) is 20.8 Å². The summed E-state index contributed by atoms with van der Waals surface area (Å²) in [5, 5.41) is 18.7. The second kappa shape index (κ2) is 11.2. The number of halogens is 2. The van der Waals surface area contributed by atoms with Gasteiger partial charge in [0.2, 0.25) is 23.4 Å². The molecule has 1 aromatic rings. The minimum Gasteiger partial charge on any atom is -0.350 e. The van der Waals surface area contributed by atoms with Crippen LogP contribution in [0.15, 0.2) is 0 Å². The number of nitrogens with zero attached hydrogens (tertiary/aromatic N) is 5. The van der Waals surface area contributed by atoms with Crippen molar-refractivity contribution in [2.45, 2.75) is 57.4 Å². The van der Waals surface area contributed by atoms with Crippen molar-refractivity contribution in [2.75, 3.05) is 23.4 Å². The summed E-state index contributed by atoms with van der Waals surface area (Å²) >= 11 is 5.99. The highest BCUT2D eigenvalue weighted by molar-refractivity contribution is 6.28. The Labute approximate surface area is 190 Å². The molecule has 2 amide bonds. The van der Waals surface area contributed by atoms with Gasteiger partial charge in [-0.15, -0.1) is 0 Å². The average Bonchev–Trinajstić information content (AvgIpc) is 3.49. The highest BCUT2D eigenvalue weighted by Gasteiger charge is 2.33. The van der Waals surface area contributed by atoms with Gasteiger partial charge in [-0.25, -0.2) is 5.06 Å². The van der Waals surface area contributed by atoms with Crippen molar-refractivity contribution in [3.8, 4) is 6.07 Å². The van der Waals surface area contributed by atoms with Gasteiger partial charge in [-0.2, -0.15) is 19.6 Å². The van der Waals surface area contributed by atoms with Crippen LogP contribution in [-0.2, 0) is 9.59 Å². The summed E-state index contributed by atoms with van der Waals surface area (Å²) in [6.45, 7) is 0.133. The van der Waals surface area contributed by atoms with Crippen molar-refractivity contribution >= 4 is 35.6 Å². The summed E-state index contributed by atoms with van der Waals surface area (Å²) in [5.74, 6) is -1.97. The number of hydrazine groups is 1. The van der Waals surface area contributed by atoms with Crippen LogP contribution in [0.25, 0.3) is 0 Å². The summed E-state index contributed by atoms with van der Waals surface area (Å²) in [6.07, 6.45) is 6.83. The van der Waals surface area contributed by atoms with E-state index in [1.54, 1.807) is 4.90 Å². The number of hydrogen-bond acceptors (Lipinski definition) is 8. The largest absolute Gasteiger partial charge is 0.350 e. The summed E-state index contributed by atoms with van der Waals surface area (Å²) in [7, 11) is 0. The number of carbonyl (C=O) groups is 2. The van der Waals surface area contributed by atoms with E-state index < -0.39 is 17.6 Å². The molecule has 0 bridgehead atoms. The smallest absolute Gasteiger partial charge is 0.243 e. The number of hydroxylamine groups is 2. The van der Waals surface area contributed by atoms with Crippen LogP contribution in [0.4, 0.5) is 16.0 Å². The van der Waals surface area contributed by atoms with Gasteiger partial charge >= 0.3 is 0 Å². The number of aromatic nitrogens is 2. The van der Waals surface area contributed by atoms with Crippen molar-refractivity contribution in [1.82, 2.24) is 20.5 Å². The van der Waals surface area contributed by atoms with Crippen LogP contribution in [0.3, 0.4) is 0 Å². The SMILES string of the molecule is N#CCCN(c1nc(Cl)nc(NNC(=O)[C@@H](CC2CCCC2)CN(O)C=O)c1F)C1CC1. The van der Waals surface area contributed by atoms with E-state index in [0.29, 0.717) is 23.9 Å². The van der Waals surface area contributed by atoms with Gasteiger partial charge in [-0.1, -0.05) is 25.7 Å². The molecule has 0 saturated heterocycles. The van der Waals surface area contributed by atoms with Crippen LogP contribution in [-0.4, -0.2) is 51.7 Å². The van der Waals surface area contributed by atoms with Crippen LogP contribution >= 0.6 is 11.6 Å². The Kier molecular flexibility index (Phi) is 8.41. The first-order valence-corrected chi connectivity index (χ1v) is 11.1. The van der Waals surface area contributed by atoms with Gasteiger partial charge in [0.05, 0.1) is 25.0 Å². The van der Waals surface area contributed by atoms with Gasteiger partial charge < -0.3 is 4.90 Å². The first-order chi connectivity index (χ1) is 15.4. The van der Waals surface area contributed by atoms with E-state index in [9.17, 15) is 14.8 Å². The zero-order valence-electron chi connectivity index (χ0n) is 17.6. The van der Waals surface area contributed by atoms with Gasteiger partial charge in [-0.3, -0.25) is 25.6 Å². The Balaban J connectivity index is 1.71. The maximum absolute atomic E-state index is 15.1. The second-order valence-corrected chi connectivity index (χ2v) is 8.57. The van der Waals surface area contributed by atoms with Crippen LogP contribution in [0, 0.1) is 29.0 Å². The second-order valence-electron chi connectivity index (χ2n) is 8.24. The lowest BCUT2D eigenvalue weighted by atomic mass is 9.92. The van der Waals surface area contributed by atoms with Crippen molar-refractivity contribution in [3.05, 3.63) is 11.1 Å². The number of hydrogen-bond donors (Lipinski definition) is 3. The first-order valence-electron chi connectivity index (χ1n) is 10.8. The monoisotopic (exact) mass is 467 g/mol. The normalized spacial score (nSPS) is 16.8. The third-order valence-corrected chi connectivity index (χ3v) is 6.00. The Bertz CT molecular complexity index is 858. The molecule has 1 atom stereocenters. The third-order valence-electron chi connectivity index (χ3n) is 5.83. The van der Waals surface area contributed by atoms with Crippen molar-refractivity contribution in [3.63, 3.8) is 0 Å². The molecule has 3 rings (SSSR count). The number of nitrogens with one attached hydrogen (secondary N) is 2. The molecule has 1 heterocycles. The molecule has 2 aliphatic rings. The lowest BCUT2D eigenvalue weighted by Crippen LogP contribution is -2.41. The van der Waals surface area contributed by atoms with Crippen molar-refractivity contribution in [1.29, 1.82) is 5.26 Å². The lowest BCUT2D eigenvalue weighted by Gasteiger charge is -2.24. The molecule has 2 fully saturated rings. The van der Waals surface area contributed by atoms with Crippen LogP contribution in [0.1, 0.15) is 51.4 Å². The molecule has 0 radical (unpaired) electrons. The standard InChI is InChI=1S/C20H27ClFN7O3/c21-20-24-17(16(22)18(25-20)29(9-3-8-23)15-6-7-15)26-27-19(31)14(11-28(32)12-30)10-13-4-1-2-5-13/h12-15,32H,1-7,9-11H2,(H,27,31)(H,24,25,26)/t14-/m0/s1. The topological polar surface area (TPSA) is 134 Å². The van der Waals surface area contributed by atoms with Crippen LogP contribution in [0.2, 0.25) is 5.28 Å². The van der Waals surface area contributed by atoms with E-state index in [1.807, 2.05) is 6.07 Å². The maximum atomic E-state index is 15.1. The van der Waals surface area contributed by atoms with Gasteiger partial charge in [-0.05, 0) is 36.8 Å². The van der Waals surface area contributed by atoms with Gasteiger partial charge in [0.25, 0.3) is 0 Å². The summed E-state index contributed by atoms with van der Waals surface area (Å²) in [5.41, 5.74) is 4.89. The molecule has 1 aromatic heterocycles. The molecule has 0 aliphatic heterocycles. The third kappa shape index (κ3) is 6.40. The zero-order chi connectivity index (χ0) is 23.1. The summed E-state index contributed by atoms with van der Waals surface area (Å²) in [4.78, 5) is 33.1. The fraction of sp³-hybridized carbons (Fsp3) is 0.650. The van der Waals surface area contributed by atoms with Crippen LogP contribution in [0.5, 0.6) is 0 Å². The molecule has 2 saturated carbocycles. The molecular formula is C20H27ClFN7O3. The van der Waals surface area contributed by atoms with E-state index in [1.165, 1.54) is 0 Å². The zero-order valence-corrected chi connectivity index (χ0v) is 18.4. The van der Waals surface area contributed by atoms with E-state index in [0.717, 1.165) is 38.5 Å². The Hall–Kier alpha value is -2.71. The van der Waals surface area contributed by atoms with E-state index in [4.69, 9.17) is 16.9 Å². The fourth-order valence-electron chi connectivity index (χ4n) is 4.10. The molecule has 32 heavy (non-hydrogen) atoms. The van der Waals surface area contributed by atoms with E-state index in [-0.39, 0.29) is 42.3 Å². The highest BCUT2D eigenvalue weighted by Crippen LogP contribution is 2.34. The van der Waals surface area contributed by atoms with Gasteiger partial charge in [0.1, 0.15) is 0 Å².